The molecule has 1 atom stereocenters. The summed E-state index contributed by atoms with van der Waals surface area (Å²) in [5.41, 5.74) is 5.64. The van der Waals surface area contributed by atoms with Gasteiger partial charge in [-0.15, -0.1) is 0 Å². The van der Waals surface area contributed by atoms with E-state index in [1.807, 2.05) is 14.0 Å². The van der Waals surface area contributed by atoms with Crippen molar-refractivity contribution in [3.63, 3.8) is 0 Å². The molecule has 0 radical (unpaired) electrons. The van der Waals surface area contributed by atoms with Crippen LogP contribution in [-0.2, 0) is 0 Å². The van der Waals surface area contributed by atoms with Gasteiger partial charge in [0.25, 0.3) is 0 Å². The maximum atomic E-state index is 12.3. The molecule has 0 aromatic carbocycles. The second-order valence-electron chi connectivity index (χ2n) is 7.10. The highest BCUT2D eigenvalue weighted by molar-refractivity contribution is 5.74. The number of nitrogens with zero attached hydrogens (tertiary/aromatic N) is 1. The molecule has 4 bridgehead atoms. The van der Waals surface area contributed by atoms with Crippen LogP contribution in [0.4, 0.5) is 4.79 Å². The largest absolute Gasteiger partial charge is 0.335 e. The minimum absolute atomic E-state index is 0.0652. The van der Waals surface area contributed by atoms with Crippen LogP contribution in [0.3, 0.4) is 0 Å². The quantitative estimate of drug-likeness (QED) is 0.817. The SMILES string of the molecule is CC(CN)N(C)C(=O)NC1C2CC3CC(C2)CC1C3. The molecular formula is C15H27N3O. The van der Waals surface area contributed by atoms with Crippen LogP contribution in [0.15, 0.2) is 0 Å². The lowest BCUT2D eigenvalue weighted by atomic mass is 9.54. The van der Waals surface area contributed by atoms with E-state index in [4.69, 9.17) is 5.73 Å². The molecule has 4 rings (SSSR count). The van der Waals surface area contributed by atoms with Crippen LogP contribution in [0, 0.1) is 23.7 Å². The molecule has 0 aliphatic heterocycles. The topological polar surface area (TPSA) is 58.4 Å². The van der Waals surface area contributed by atoms with Gasteiger partial charge in [-0.2, -0.15) is 0 Å². The van der Waals surface area contributed by atoms with Gasteiger partial charge in [0.1, 0.15) is 0 Å². The number of urea groups is 1. The number of amides is 2. The van der Waals surface area contributed by atoms with Gasteiger partial charge < -0.3 is 16.0 Å². The van der Waals surface area contributed by atoms with E-state index in [9.17, 15) is 4.79 Å². The Hall–Kier alpha value is -0.770. The van der Waals surface area contributed by atoms with Gasteiger partial charge in [-0.25, -0.2) is 4.79 Å². The van der Waals surface area contributed by atoms with Crippen LogP contribution in [0.2, 0.25) is 0 Å². The molecule has 0 spiro atoms. The standard InChI is InChI=1S/C15H27N3O/c1-9(8-16)18(2)15(19)17-14-12-4-10-3-11(6-12)7-13(14)5-10/h9-14H,3-8,16H2,1-2H3,(H,17,19). The lowest BCUT2D eigenvalue weighted by molar-refractivity contribution is -0.0110. The van der Waals surface area contributed by atoms with Crippen LogP contribution in [0.25, 0.3) is 0 Å². The van der Waals surface area contributed by atoms with E-state index < -0.39 is 0 Å². The van der Waals surface area contributed by atoms with E-state index in [2.05, 4.69) is 5.32 Å². The predicted octanol–water partition coefficient (Wildman–Crippen LogP) is 1.80. The summed E-state index contributed by atoms with van der Waals surface area (Å²) in [5, 5.41) is 3.31. The van der Waals surface area contributed by atoms with Gasteiger partial charge in [-0.05, 0) is 62.7 Å². The smallest absolute Gasteiger partial charge is 0.317 e. The predicted molar refractivity (Wildman–Crippen MR) is 75.6 cm³/mol. The molecule has 4 nitrogen and oxygen atoms in total. The Morgan fingerprint density at radius 3 is 2.21 bits per heavy atom. The number of carbonyl (C=O) groups excluding carboxylic acids is 1. The van der Waals surface area contributed by atoms with Gasteiger partial charge in [0.2, 0.25) is 0 Å². The fourth-order valence-corrected chi connectivity index (χ4v) is 4.76. The van der Waals surface area contributed by atoms with Crippen molar-refractivity contribution >= 4 is 6.03 Å². The Labute approximate surface area is 116 Å². The van der Waals surface area contributed by atoms with Crippen molar-refractivity contribution in [3.05, 3.63) is 0 Å². The molecule has 4 aliphatic carbocycles. The van der Waals surface area contributed by atoms with Crippen LogP contribution in [-0.4, -0.2) is 36.6 Å². The summed E-state index contributed by atoms with van der Waals surface area (Å²) in [7, 11) is 1.85. The van der Waals surface area contributed by atoms with E-state index in [0.717, 1.165) is 23.7 Å². The highest BCUT2D eigenvalue weighted by atomic mass is 16.2. The Morgan fingerprint density at radius 1 is 1.21 bits per heavy atom. The summed E-state index contributed by atoms with van der Waals surface area (Å²) in [6, 6.07) is 0.597. The summed E-state index contributed by atoms with van der Waals surface area (Å²) in [6.07, 6.45) is 6.82. The number of carbonyl (C=O) groups is 1. The molecule has 4 fully saturated rings. The van der Waals surface area contributed by atoms with Crippen LogP contribution in [0.5, 0.6) is 0 Å². The molecule has 0 aromatic rings. The number of hydrogen-bond acceptors (Lipinski definition) is 2. The first-order chi connectivity index (χ1) is 9.08. The first-order valence-corrected chi connectivity index (χ1v) is 7.81. The van der Waals surface area contributed by atoms with Crippen molar-refractivity contribution in [2.24, 2.45) is 29.4 Å². The normalized spacial score (nSPS) is 41.1. The third-order valence-corrected chi connectivity index (χ3v) is 5.84. The molecule has 0 saturated heterocycles. The number of likely N-dealkylation sites (N-methyl/N-ethyl adjacent to an activating group) is 1. The van der Waals surface area contributed by atoms with Gasteiger partial charge in [-0.1, -0.05) is 0 Å². The average Bonchev–Trinajstić information content (AvgIpc) is 2.40. The molecule has 4 heteroatoms. The second kappa shape index (κ2) is 4.97. The zero-order chi connectivity index (χ0) is 13.6. The van der Waals surface area contributed by atoms with Crippen LogP contribution < -0.4 is 11.1 Å². The maximum Gasteiger partial charge on any atom is 0.317 e. The Kier molecular flexibility index (Phi) is 3.46. The lowest BCUT2D eigenvalue weighted by Gasteiger charge is -2.54. The summed E-state index contributed by atoms with van der Waals surface area (Å²) >= 11 is 0. The van der Waals surface area contributed by atoms with E-state index in [0.29, 0.717) is 12.6 Å². The monoisotopic (exact) mass is 265 g/mol. The zero-order valence-corrected chi connectivity index (χ0v) is 12.1. The molecule has 2 amide bonds. The molecule has 1 unspecified atom stereocenters. The molecule has 3 N–H and O–H groups in total. The van der Waals surface area contributed by atoms with E-state index in [1.54, 1.807) is 4.90 Å². The van der Waals surface area contributed by atoms with Crippen molar-refractivity contribution in [1.82, 2.24) is 10.2 Å². The average molecular weight is 265 g/mol. The summed E-state index contributed by atoms with van der Waals surface area (Å²) < 4.78 is 0. The minimum Gasteiger partial charge on any atom is -0.335 e. The third-order valence-electron chi connectivity index (χ3n) is 5.84. The lowest BCUT2D eigenvalue weighted by Crippen LogP contribution is -2.58. The van der Waals surface area contributed by atoms with Crippen LogP contribution >= 0.6 is 0 Å². The second-order valence-corrected chi connectivity index (χ2v) is 7.10. The van der Waals surface area contributed by atoms with Crippen molar-refractivity contribution in [1.29, 1.82) is 0 Å². The highest BCUT2D eigenvalue weighted by Crippen LogP contribution is 2.53. The van der Waals surface area contributed by atoms with Crippen LogP contribution in [0.1, 0.15) is 39.0 Å². The number of nitrogens with two attached hydrogens (primary N) is 1. The zero-order valence-electron chi connectivity index (χ0n) is 12.1. The van der Waals surface area contributed by atoms with Crippen molar-refractivity contribution in [2.75, 3.05) is 13.6 Å². The van der Waals surface area contributed by atoms with E-state index in [-0.39, 0.29) is 12.1 Å². The summed E-state index contributed by atoms with van der Waals surface area (Å²) in [4.78, 5) is 14.0. The number of nitrogens with one attached hydrogen (secondary N) is 1. The first kappa shape index (κ1) is 13.2. The molecule has 0 aromatic heterocycles. The van der Waals surface area contributed by atoms with Gasteiger partial charge >= 0.3 is 6.03 Å². The van der Waals surface area contributed by atoms with E-state index >= 15 is 0 Å². The van der Waals surface area contributed by atoms with Crippen molar-refractivity contribution in [2.45, 2.75) is 51.1 Å². The Bertz CT molecular complexity index is 329. The summed E-state index contributed by atoms with van der Waals surface area (Å²) in [5.74, 6) is 3.39. The molecular weight excluding hydrogens is 238 g/mol. The van der Waals surface area contributed by atoms with Crippen molar-refractivity contribution < 1.29 is 4.79 Å². The van der Waals surface area contributed by atoms with Gasteiger partial charge in [0.05, 0.1) is 0 Å². The molecule has 0 heterocycles. The van der Waals surface area contributed by atoms with Gasteiger partial charge in [0.15, 0.2) is 0 Å². The third kappa shape index (κ3) is 2.35. The highest BCUT2D eigenvalue weighted by Gasteiger charge is 2.48. The first-order valence-electron chi connectivity index (χ1n) is 7.81. The molecule has 4 aliphatic rings. The Balaban J connectivity index is 1.62. The summed E-state index contributed by atoms with van der Waals surface area (Å²) in [6.45, 7) is 2.52. The minimum atomic E-state index is 0.0652. The van der Waals surface area contributed by atoms with Gasteiger partial charge in [0, 0.05) is 25.7 Å². The number of rotatable bonds is 3. The van der Waals surface area contributed by atoms with Crippen molar-refractivity contribution in [3.8, 4) is 0 Å². The maximum absolute atomic E-state index is 12.3. The fraction of sp³-hybridized carbons (Fsp3) is 0.933. The van der Waals surface area contributed by atoms with E-state index in [1.165, 1.54) is 32.1 Å². The fourth-order valence-electron chi connectivity index (χ4n) is 4.76. The molecule has 108 valence electrons. The molecule has 4 saturated carbocycles. The van der Waals surface area contributed by atoms with Gasteiger partial charge in [-0.3, -0.25) is 0 Å². The Morgan fingerprint density at radius 2 is 1.74 bits per heavy atom. The number of hydrogen-bond donors (Lipinski definition) is 2. The molecule has 19 heavy (non-hydrogen) atoms.